The first kappa shape index (κ1) is 17.2. The van der Waals surface area contributed by atoms with Gasteiger partial charge in [-0.1, -0.05) is 6.92 Å². The van der Waals surface area contributed by atoms with Crippen molar-refractivity contribution in [3.63, 3.8) is 0 Å². The molecule has 0 radical (unpaired) electrons. The Morgan fingerprint density at radius 2 is 1.78 bits per heavy atom. The predicted molar refractivity (Wildman–Crippen MR) is 83.3 cm³/mol. The molecule has 0 atom stereocenters. The maximum Gasteiger partial charge on any atom is 0.289 e. The first-order valence-electron chi connectivity index (χ1n) is 7.21. The molecule has 0 aliphatic rings. The lowest BCUT2D eigenvalue weighted by atomic mass is 9.92. The first-order chi connectivity index (χ1) is 10.9. The van der Waals surface area contributed by atoms with Gasteiger partial charge < -0.3 is 19.5 Å². The number of aliphatic hydroxyl groups is 2. The normalized spacial score (nSPS) is 11.5. The number of hydrogen-bond acceptors (Lipinski definition) is 4. The highest BCUT2D eigenvalue weighted by atomic mass is 19.1. The molecule has 0 aliphatic carbocycles. The molecule has 23 heavy (non-hydrogen) atoms. The highest BCUT2D eigenvalue weighted by molar-refractivity contribution is 5.92. The van der Waals surface area contributed by atoms with Gasteiger partial charge in [-0.2, -0.15) is 0 Å². The second kappa shape index (κ2) is 6.93. The average molecular weight is 321 g/mol. The van der Waals surface area contributed by atoms with Crippen LogP contribution in [0.4, 0.5) is 4.39 Å². The average Bonchev–Trinajstić information content (AvgIpc) is 3.04. The number of halogens is 1. The Morgan fingerprint density at radius 1 is 1.17 bits per heavy atom. The van der Waals surface area contributed by atoms with Gasteiger partial charge in [0.1, 0.15) is 11.6 Å². The molecule has 2 aromatic rings. The summed E-state index contributed by atoms with van der Waals surface area (Å²) in [5.41, 5.74) is -0.111. The third kappa shape index (κ3) is 3.97. The van der Waals surface area contributed by atoms with Crippen LogP contribution in [0.3, 0.4) is 0 Å². The molecule has 0 unspecified atom stereocenters. The molecule has 1 amide bonds. The van der Waals surface area contributed by atoms with Crippen LogP contribution in [-0.4, -0.2) is 47.8 Å². The Kier molecular flexibility index (Phi) is 5.18. The number of hydrogen-bond donors (Lipinski definition) is 2. The molecular weight excluding hydrogens is 301 g/mol. The molecule has 2 N–H and O–H groups in total. The van der Waals surface area contributed by atoms with Gasteiger partial charge in [0.2, 0.25) is 0 Å². The van der Waals surface area contributed by atoms with Gasteiger partial charge in [0.05, 0.1) is 13.2 Å². The van der Waals surface area contributed by atoms with E-state index >= 15 is 0 Å². The Labute approximate surface area is 134 Å². The maximum atomic E-state index is 12.9. The summed E-state index contributed by atoms with van der Waals surface area (Å²) in [7, 11) is 1.58. The SMILES string of the molecule is CN(CC(C)(CO)CO)C(=O)c1ccc(-c2ccc(F)cc2)o1. The van der Waals surface area contributed by atoms with Gasteiger partial charge in [-0.15, -0.1) is 0 Å². The van der Waals surface area contributed by atoms with Crippen molar-refractivity contribution in [1.29, 1.82) is 0 Å². The maximum absolute atomic E-state index is 12.9. The van der Waals surface area contributed by atoms with Crippen molar-refractivity contribution >= 4 is 5.91 Å². The number of aliphatic hydroxyl groups excluding tert-OH is 2. The molecule has 1 aromatic carbocycles. The molecule has 0 saturated heterocycles. The fourth-order valence-electron chi connectivity index (χ4n) is 2.20. The zero-order chi connectivity index (χ0) is 17.0. The smallest absolute Gasteiger partial charge is 0.289 e. The van der Waals surface area contributed by atoms with Crippen molar-refractivity contribution in [1.82, 2.24) is 4.90 Å². The van der Waals surface area contributed by atoms with E-state index in [4.69, 9.17) is 4.42 Å². The summed E-state index contributed by atoms with van der Waals surface area (Å²) in [4.78, 5) is 13.8. The summed E-state index contributed by atoms with van der Waals surface area (Å²) in [6, 6.07) is 8.97. The van der Waals surface area contributed by atoms with Gasteiger partial charge in [0.15, 0.2) is 5.76 Å². The monoisotopic (exact) mass is 321 g/mol. The number of carbonyl (C=O) groups is 1. The third-order valence-corrected chi connectivity index (χ3v) is 3.67. The molecule has 0 saturated carbocycles. The highest BCUT2D eigenvalue weighted by Gasteiger charge is 2.28. The van der Waals surface area contributed by atoms with Crippen LogP contribution in [0.1, 0.15) is 17.5 Å². The summed E-state index contributed by atoms with van der Waals surface area (Å²) >= 11 is 0. The first-order valence-corrected chi connectivity index (χ1v) is 7.21. The van der Waals surface area contributed by atoms with E-state index in [1.54, 1.807) is 38.2 Å². The lowest BCUT2D eigenvalue weighted by Gasteiger charge is -2.29. The summed E-state index contributed by atoms with van der Waals surface area (Å²) in [6.07, 6.45) is 0. The molecule has 0 bridgehead atoms. The van der Waals surface area contributed by atoms with Crippen molar-refractivity contribution in [3.05, 3.63) is 48.0 Å². The van der Waals surface area contributed by atoms with Gasteiger partial charge >= 0.3 is 0 Å². The molecule has 1 aromatic heterocycles. The number of benzene rings is 1. The van der Waals surface area contributed by atoms with Crippen LogP contribution in [0.15, 0.2) is 40.8 Å². The van der Waals surface area contributed by atoms with Crippen molar-refractivity contribution in [2.75, 3.05) is 26.8 Å². The lowest BCUT2D eigenvalue weighted by Crippen LogP contribution is -2.41. The van der Waals surface area contributed by atoms with Crippen molar-refractivity contribution < 1.29 is 23.8 Å². The highest BCUT2D eigenvalue weighted by Crippen LogP contribution is 2.24. The fraction of sp³-hybridized carbons (Fsp3) is 0.353. The largest absolute Gasteiger partial charge is 0.451 e. The molecule has 5 nitrogen and oxygen atoms in total. The minimum Gasteiger partial charge on any atom is -0.451 e. The quantitative estimate of drug-likeness (QED) is 0.855. The summed E-state index contributed by atoms with van der Waals surface area (Å²) < 4.78 is 18.5. The summed E-state index contributed by atoms with van der Waals surface area (Å²) in [6.45, 7) is 1.40. The van der Waals surface area contributed by atoms with Crippen LogP contribution in [0.2, 0.25) is 0 Å². The molecule has 2 rings (SSSR count). The Balaban J connectivity index is 2.13. The molecule has 0 fully saturated rings. The number of nitrogens with zero attached hydrogens (tertiary/aromatic N) is 1. The van der Waals surface area contributed by atoms with Crippen LogP contribution < -0.4 is 0 Å². The lowest BCUT2D eigenvalue weighted by molar-refractivity contribution is 0.0352. The van der Waals surface area contributed by atoms with Gasteiger partial charge in [-0.05, 0) is 36.4 Å². The minimum absolute atomic E-state index is 0.144. The second-order valence-electron chi connectivity index (χ2n) is 5.96. The van der Waals surface area contributed by atoms with E-state index in [2.05, 4.69) is 0 Å². The second-order valence-corrected chi connectivity index (χ2v) is 5.96. The van der Waals surface area contributed by atoms with Crippen molar-refractivity contribution in [3.8, 4) is 11.3 Å². The van der Waals surface area contributed by atoms with Gasteiger partial charge in [-0.3, -0.25) is 4.79 Å². The summed E-state index contributed by atoms with van der Waals surface area (Å²) in [5, 5.41) is 18.6. The molecule has 0 aliphatic heterocycles. The van der Waals surface area contributed by atoms with Crippen molar-refractivity contribution in [2.45, 2.75) is 6.92 Å². The van der Waals surface area contributed by atoms with E-state index in [1.165, 1.54) is 17.0 Å². The van der Waals surface area contributed by atoms with Crippen molar-refractivity contribution in [2.24, 2.45) is 5.41 Å². The predicted octanol–water partition coefficient (Wildman–Crippen LogP) is 2.15. The van der Waals surface area contributed by atoms with E-state index in [0.717, 1.165) is 0 Å². The van der Waals surface area contributed by atoms with Crippen LogP contribution >= 0.6 is 0 Å². The number of carbonyl (C=O) groups excluding carboxylic acids is 1. The number of rotatable bonds is 6. The fourth-order valence-corrected chi connectivity index (χ4v) is 2.20. The van der Waals surface area contributed by atoms with Gasteiger partial charge in [0, 0.05) is 24.6 Å². The molecule has 0 spiro atoms. The Bertz CT molecular complexity index is 661. The standard InChI is InChI=1S/C17H20FNO4/c1-17(10-20,11-21)9-19(2)16(22)15-8-7-14(23-15)12-3-5-13(18)6-4-12/h3-8,20-21H,9-11H2,1-2H3. The van der Waals surface area contributed by atoms with E-state index in [-0.39, 0.29) is 37.2 Å². The zero-order valence-corrected chi connectivity index (χ0v) is 13.1. The van der Waals surface area contributed by atoms with Gasteiger partial charge in [0.25, 0.3) is 5.91 Å². The molecule has 6 heteroatoms. The van der Waals surface area contributed by atoms with Crippen LogP contribution in [-0.2, 0) is 0 Å². The van der Waals surface area contributed by atoms with E-state index in [1.807, 2.05) is 0 Å². The van der Waals surface area contributed by atoms with Crippen LogP contribution in [0.25, 0.3) is 11.3 Å². The van der Waals surface area contributed by atoms with E-state index in [0.29, 0.717) is 11.3 Å². The van der Waals surface area contributed by atoms with E-state index < -0.39 is 5.41 Å². The topological polar surface area (TPSA) is 73.9 Å². The van der Waals surface area contributed by atoms with E-state index in [9.17, 15) is 19.4 Å². The minimum atomic E-state index is -0.781. The molecule has 124 valence electrons. The Morgan fingerprint density at radius 3 is 2.35 bits per heavy atom. The summed E-state index contributed by atoms with van der Waals surface area (Å²) in [5.74, 6) is -0.0889. The van der Waals surface area contributed by atoms with Gasteiger partial charge in [-0.25, -0.2) is 4.39 Å². The van der Waals surface area contributed by atoms with Crippen LogP contribution in [0.5, 0.6) is 0 Å². The number of furan rings is 1. The third-order valence-electron chi connectivity index (χ3n) is 3.67. The molecule has 1 heterocycles. The Hall–Kier alpha value is -2.18. The zero-order valence-electron chi connectivity index (χ0n) is 13.1. The number of amides is 1. The van der Waals surface area contributed by atoms with Crippen LogP contribution in [0, 0.1) is 11.2 Å². The molecular formula is C17H20FNO4.